The Bertz CT molecular complexity index is 567. The summed E-state index contributed by atoms with van der Waals surface area (Å²) in [5, 5.41) is 2.79. The highest BCUT2D eigenvalue weighted by Crippen LogP contribution is 2.34. The van der Waals surface area contributed by atoms with Crippen molar-refractivity contribution < 1.29 is 23.8 Å². The van der Waals surface area contributed by atoms with Crippen LogP contribution in [0.25, 0.3) is 0 Å². The van der Waals surface area contributed by atoms with Crippen molar-refractivity contribution >= 4 is 11.9 Å². The molecule has 6 heteroatoms. The van der Waals surface area contributed by atoms with Gasteiger partial charge in [-0.15, -0.1) is 0 Å². The molecule has 1 aliphatic carbocycles. The minimum Gasteiger partial charge on any atom is -0.455 e. The molecule has 1 N–H and O–H groups in total. The van der Waals surface area contributed by atoms with Gasteiger partial charge in [0.05, 0.1) is 12.0 Å². The van der Waals surface area contributed by atoms with Crippen molar-refractivity contribution in [3.63, 3.8) is 0 Å². The van der Waals surface area contributed by atoms with Gasteiger partial charge in [0.1, 0.15) is 0 Å². The quantitative estimate of drug-likeness (QED) is 0.833. The highest BCUT2D eigenvalue weighted by atomic mass is 16.7. The van der Waals surface area contributed by atoms with Gasteiger partial charge in [0.2, 0.25) is 6.79 Å². The summed E-state index contributed by atoms with van der Waals surface area (Å²) >= 11 is 0. The molecule has 1 fully saturated rings. The second-order valence-corrected chi connectivity index (χ2v) is 5.28. The Kier molecular flexibility index (Phi) is 3.68. The van der Waals surface area contributed by atoms with E-state index in [0.717, 1.165) is 18.4 Å². The third-order valence-electron chi connectivity index (χ3n) is 3.53. The van der Waals surface area contributed by atoms with Crippen molar-refractivity contribution in [3.05, 3.63) is 23.8 Å². The smallest absolute Gasteiger partial charge is 0.309 e. The number of fused-ring (bicyclic) bond motifs is 1. The van der Waals surface area contributed by atoms with E-state index in [2.05, 4.69) is 5.32 Å². The molecule has 0 spiro atoms. The Labute approximate surface area is 122 Å². The molecule has 0 bridgehead atoms. The second-order valence-electron chi connectivity index (χ2n) is 5.28. The van der Waals surface area contributed by atoms with Gasteiger partial charge in [-0.25, -0.2) is 0 Å². The van der Waals surface area contributed by atoms with E-state index < -0.39 is 0 Å². The summed E-state index contributed by atoms with van der Waals surface area (Å²) in [5.74, 6) is 0.795. The Morgan fingerprint density at radius 1 is 1.33 bits per heavy atom. The number of nitrogens with one attached hydrogen (secondary N) is 1. The molecule has 1 heterocycles. The molecular formula is C15H17NO5. The average molecular weight is 291 g/mol. The summed E-state index contributed by atoms with van der Waals surface area (Å²) in [6.07, 6.45) is 1.74. The molecule has 0 unspecified atom stereocenters. The van der Waals surface area contributed by atoms with Crippen molar-refractivity contribution in [2.24, 2.45) is 5.92 Å². The van der Waals surface area contributed by atoms with Gasteiger partial charge in [-0.05, 0) is 37.5 Å². The van der Waals surface area contributed by atoms with Crippen molar-refractivity contribution in [3.8, 4) is 11.5 Å². The van der Waals surface area contributed by atoms with Gasteiger partial charge in [0, 0.05) is 0 Å². The maximum absolute atomic E-state index is 11.8. The summed E-state index contributed by atoms with van der Waals surface area (Å²) in [6.45, 7) is 1.85. The van der Waals surface area contributed by atoms with Crippen LogP contribution in [0.1, 0.15) is 31.4 Å². The Hall–Kier alpha value is -2.24. The summed E-state index contributed by atoms with van der Waals surface area (Å²) in [7, 11) is 0. The highest BCUT2D eigenvalue weighted by molar-refractivity contribution is 5.82. The number of hydrogen-bond acceptors (Lipinski definition) is 5. The first kappa shape index (κ1) is 13.7. The van der Waals surface area contributed by atoms with Crippen molar-refractivity contribution in [1.29, 1.82) is 0 Å². The number of ether oxygens (including phenoxy) is 3. The number of rotatable bonds is 5. The minimum absolute atomic E-state index is 0.00378. The molecule has 1 aliphatic heterocycles. The van der Waals surface area contributed by atoms with Gasteiger partial charge in [-0.1, -0.05) is 6.07 Å². The van der Waals surface area contributed by atoms with Crippen LogP contribution in [-0.4, -0.2) is 25.3 Å². The zero-order valence-electron chi connectivity index (χ0n) is 11.8. The van der Waals surface area contributed by atoms with Gasteiger partial charge >= 0.3 is 5.97 Å². The molecule has 0 radical (unpaired) electrons. The van der Waals surface area contributed by atoms with Gasteiger partial charge in [0.25, 0.3) is 5.91 Å². The molecule has 1 aromatic rings. The van der Waals surface area contributed by atoms with Gasteiger partial charge in [-0.2, -0.15) is 0 Å². The van der Waals surface area contributed by atoms with E-state index in [9.17, 15) is 9.59 Å². The number of hydrogen-bond donors (Lipinski definition) is 1. The molecule has 1 aromatic carbocycles. The summed E-state index contributed by atoms with van der Waals surface area (Å²) in [4.78, 5) is 23.1. The molecule has 2 aliphatic rings. The maximum Gasteiger partial charge on any atom is 0.309 e. The Morgan fingerprint density at radius 3 is 2.86 bits per heavy atom. The van der Waals surface area contributed by atoms with Crippen LogP contribution in [0.2, 0.25) is 0 Å². The second kappa shape index (κ2) is 5.63. The predicted octanol–water partition coefficient (Wildman–Crippen LogP) is 1.55. The number of benzene rings is 1. The first-order valence-corrected chi connectivity index (χ1v) is 6.99. The van der Waals surface area contributed by atoms with Crippen LogP contribution in [0.4, 0.5) is 0 Å². The molecule has 21 heavy (non-hydrogen) atoms. The number of carbonyl (C=O) groups is 2. The zero-order valence-corrected chi connectivity index (χ0v) is 11.8. The molecule has 3 rings (SSSR count). The zero-order chi connectivity index (χ0) is 14.8. The fourth-order valence-corrected chi connectivity index (χ4v) is 2.12. The average Bonchev–Trinajstić information content (AvgIpc) is 3.22. The van der Waals surface area contributed by atoms with E-state index in [-0.39, 0.29) is 37.2 Å². The van der Waals surface area contributed by atoms with Crippen LogP contribution in [0.3, 0.4) is 0 Å². The first-order chi connectivity index (χ1) is 10.1. The minimum atomic E-state index is -0.311. The number of carbonyl (C=O) groups excluding carboxylic acids is 2. The van der Waals surface area contributed by atoms with E-state index in [1.54, 1.807) is 0 Å². The lowest BCUT2D eigenvalue weighted by Crippen LogP contribution is -2.31. The lowest BCUT2D eigenvalue weighted by atomic mass is 10.1. The fourth-order valence-electron chi connectivity index (χ4n) is 2.12. The fraction of sp³-hybridized carbons (Fsp3) is 0.467. The molecule has 6 nitrogen and oxygen atoms in total. The summed E-state index contributed by atoms with van der Waals surface area (Å²) in [6, 6.07) is 5.32. The topological polar surface area (TPSA) is 73.9 Å². The Balaban J connectivity index is 1.51. The molecule has 0 aromatic heterocycles. The molecule has 1 saturated carbocycles. The van der Waals surface area contributed by atoms with Crippen molar-refractivity contribution in [2.75, 3.05) is 13.4 Å². The van der Waals surface area contributed by atoms with Crippen LogP contribution in [-0.2, 0) is 14.3 Å². The van der Waals surface area contributed by atoms with Crippen LogP contribution in [0, 0.1) is 5.92 Å². The third kappa shape index (κ3) is 3.26. The lowest BCUT2D eigenvalue weighted by molar-refractivity contribution is -0.150. The first-order valence-electron chi connectivity index (χ1n) is 6.99. The normalized spacial score (nSPS) is 17.2. The largest absolute Gasteiger partial charge is 0.455 e. The van der Waals surface area contributed by atoms with Gasteiger partial charge in [0.15, 0.2) is 18.1 Å². The molecule has 0 saturated heterocycles. The lowest BCUT2D eigenvalue weighted by Gasteiger charge is -2.14. The van der Waals surface area contributed by atoms with Gasteiger partial charge in [-0.3, -0.25) is 9.59 Å². The van der Waals surface area contributed by atoms with E-state index in [0.29, 0.717) is 11.5 Å². The summed E-state index contributed by atoms with van der Waals surface area (Å²) < 4.78 is 15.5. The number of amides is 1. The van der Waals surface area contributed by atoms with Gasteiger partial charge < -0.3 is 19.5 Å². The van der Waals surface area contributed by atoms with Crippen molar-refractivity contribution in [2.45, 2.75) is 25.8 Å². The molecular weight excluding hydrogens is 274 g/mol. The van der Waals surface area contributed by atoms with Crippen LogP contribution in [0.15, 0.2) is 18.2 Å². The SMILES string of the molecule is C[C@H](NC(=O)COC(=O)C1CC1)c1ccc2c(c1)OCO2. The monoisotopic (exact) mass is 291 g/mol. The molecule has 1 amide bonds. The standard InChI is InChI=1S/C15H17NO5/c1-9(11-4-5-12-13(6-11)21-8-20-12)16-14(17)7-19-15(18)10-2-3-10/h4-6,9-10H,2-3,7-8H2,1H3,(H,16,17)/t9-/m0/s1. The van der Waals surface area contributed by atoms with Crippen LogP contribution >= 0.6 is 0 Å². The predicted molar refractivity (Wildman–Crippen MR) is 72.8 cm³/mol. The maximum atomic E-state index is 11.8. The van der Waals surface area contributed by atoms with E-state index >= 15 is 0 Å². The molecule has 1 atom stereocenters. The van der Waals surface area contributed by atoms with E-state index in [1.807, 2.05) is 25.1 Å². The Morgan fingerprint density at radius 2 is 2.10 bits per heavy atom. The molecule has 112 valence electrons. The van der Waals surface area contributed by atoms with E-state index in [1.165, 1.54) is 0 Å². The van der Waals surface area contributed by atoms with Crippen LogP contribution < -0.4 is 14.8 Å². The number of esters is 1. The summed E-state index contributed by atoms with van der Waals surface area (Å²) in [5.41, 5.74) is 0.904. The highest BCUT2D eigenvalue weighted by Gasteiger charge is 2.31. The van der Waals surface area contributed by atoms with E-state index in [4.69, 9.17) is 14.2 Å². The van der Waals surface area contributed by atoms with Crippen molar-refractivity contribution in [1.82, 2.24) is 5.32 Å². The third-order valence-corrected chi connectivity index (χ3v) is 3.53. The van der Waals surface area contributed by atoms with Crippen LogP contribution in [0.5, 0.6) is 11.5 Å².